The molecule has 1 fully saturated rings. The SMILES string of the molecule is COc1cccc2c1[C@H]1Nc3ccc(N4CCOCC4)cc3[C@H](c3ccccc3)[C@H]1CO2. The highest BCUT2D eigenvalue weighted by atomic mass is 16.5. The van der Waals surface area contributed by atoms with E-state index in [1.54, 1.807) is 7.11 Å². The molecular weight excluding hydrogens is 400 g/mol. The molecule has 0 spiro atoms. The summed E-state index contributed by atoms with van der Waals surface area (Å²) >= 11 is 0. The van der Waals surface area contributed by atoms with Crippen molar-refractivity contribution in [2.45, 2.75) is 12.0 Å². The quantitative estimate of drug-likeness (QED) is 0.647. The standard InChI is InChI=1S/C27H28N2O3/c1-30-23-8-5-9-24-26(23)27-21(17-32-24)25(18-6-3-2-4-7-18)20-16-19(10-11-22(20)28-27)29-12-14-31-15-13-29/h2-11,16,21,25,27-28H,12-15,17H2,1H3/t21-,25+,27+/m1/s1. The molecule has 1 saturated heterocycles. The number of hydrogen-bond acceptors (Lipinski definition) is 5. The Hall–Kier alpha value is -3.18. The average Bonchev–Trinajstić information content (AvgIpc) is 2.87. The van der Waals surface area contributed by atoms with Crippen LogP contribution >= 0.6 is 0 Å². The molecule has 3 atom stereocenters. The third-order valence-corrected chi connectivity index (χ3v) is 7.06. The van der Waals surface area contributed by atoms with E-state index in [4.69, 9.17) is 14.2 Å². The van der Waals surface area contributed by atoms with Gasteiger partial charge in [-0.15, -0.1) is 0 Å². The van der Waals surface area contributed by atoms with Gasteiger partial charge < -0.3 is 24.4 Å². The molecule has 0 radical (unpaired) electrons. The molecule has 3 heterocycles. The lowest BCUT2D eigenvalue weighted by Crippen LogP contribution is -2.40. The van der Waals surface area contributed by atoms with Crippen LogP contribution in [-0.4, -0.2) is 40.0 Å². The van der Waals surface area contributed by atoms with Crippen LogP contribution in [0.15, 0.2) is 66.7 Å². The Kier molecular flexibility index (Phi) is 4.91. The lowest BCUT2D eigenvalue weighted by Gasteiger charge is -2.45. The van der Waals surface area contributed by atoms with E-state index in [-0.39, 0.29) is 17.9 Å². The van der Waals surface area contributed by atoms with Gasteiger partial charge in [-0.05, 0) is 41.5 Å². The molecule has 1 N–H and O–H groups in total. The molecular formula is C27H28N2O3. The van der Waals surface area contributed by atoms with E-state index in [1.165, 1.54) is 22.5 Å². The van der Waals surface area contributed by atoms with Gasteiger partial charge in [0.05, 0.1) is 38.5 Å². The third kappa shape index (κ3) is 3.19. The highest BCUT2D eigenvalue weighted by Gasteiger charge is 2.43. The van der Waals surface area contributed by atoms with Crippen molar-refractivity contribution in [2.75, 3.05) is 50.2 Å². The molecule has 0 amide bonds. The molecule has 0 saturated carbocycles. The van der Waals surface area contributed by atoms with Gasteiger partial charge >= 0.3 is 0 Å². The number of fused-ring (bicyclic) bond motifs is 4. The van der Waals surface area contributed by atoms with Gasteiger partial charge in [-0.25, -0.2) is 0 Å². The molecule has 164 valence electrons. The molecule has 3 aliphatic rings. The number of morpholine rings is 1. The van der Waals surface area contributed by atoms with E-state index in [9.17, 15) is 0 Å². The third-order valence-electron chi connectivity index (χ3n) is 7.06. The Labute approximate surface area is 188 Å². The zero-order valence-electron chi connectivity index (χ0n) is 18.3. The second kappa shape index (κ2) is 8.06. The first kappa shape index (κ1) is 19.5. The van der Waals surface area contributed by atoms with Crippen molar-refractivity contribution < 1.29 is 14.2 Å². The Morgan fingerprint density at radius 3 is 2.62 bits per heavy atom. The fourth-order valence-electron chi connectivity index (χ4n) is 5.54. The zero-order chi connectivity index (χ0) is 21.5. The van der Waals surface area contributed by atoms with Crippen LogP contribution in [-0.2, 0) is 4.74 Å². The minimum Gasteiger partial charge on any atom is -0.496 e. The Balaban J connectivity index is 1.49. The fourth-order valence-corrected chi connectivity index (χ4v) is 5.54. The van der Waals surface area contributed by atoms with E-state index < -0.39 is 0 Å². The van der Waals surface area contributed by atoms with Crippen molar-refractivity contribution in [1.82, 2.24) is 0 Å². The van der Waals surface area contributed by atoms with Crippen LogP contribution in [0.3, 0.4) is 0 Å². The number of nitrogens with one attached hydrogen (secondary N) is 1. The summed E-state index contributed by atoms with van der Waals surface area (Å²) < 4.78 is 17.6. The largest absolute Gasteiger partial charge is 0.496 e. The van der Waals surface area contributed by atoms with E-state index in [0.29, 0.717) is 6.61 Å². The van der Waals surface area contributed by atoms with Crippen LogP contribution in [0.2, 0.25) is 0 Å². The van der Waals surface area contributed by atoms with E-state index >= 15 is 0 Å². The van der Waals surface area contributed by atoms with Crippen molar-refractivity contribution in [3.05, 3.63) is 83.4 Å². The topological polar surface area (TPSA) is 43.0 Å². The van der Waals surface area contributed by atoms with Crippen molar-refractivity contribution in [1.29, 1.82) is 0 Å². The summed E-state index contributed by atoms with van der Waals surface area (Å²) in [6.45, 7) is 4.10. The van der Waals surface area contributed by atoms with Gasteiger partial charge in [-0.3, -0.25) is 0 Å². The smallest absolute Gasteiger partial charge is 0.128 e. The lowest BCUT2D eigenvalue weighted by molar-refractivity contribution is 0.122. The molecule has 5 heteroatoms. The Morgan fingerprint density at radius 1 is 0.969 bits per heavy atom. The molecule has 0 unspecified atom stereocenters. The molecule has 3 aromatic carbocycles. The van der Waals surface area contributed by atoms with Crippen molar-refractivity contribution >= 4 is 11.4 Å². The van der Waals surface area contributed by atoms with Crippen LogP contribution in [0.1, 0.15) is 28.7 Å². The summed E-state index contributed by atoms with van der Waals surface area (Å²) in [7, 11) is 1.74. The van der Waals surface area contributed by atoms with Gasteiger partial charge in [-0.1, -0.05) is 36.4 Å². The normalized spacial score (nSPS) is 23.8. The second-order valence-electron chi connectivity index (χ2n) is 8.73. The highest BCUT2D eigenvalue weighted by molar-refractivity contribution is 5.68. The summed E-state index contributed by atoms with van der Waals surface area (Å²) in [5, 5.41) is 3.86. The molecule has 0 aromatic heterocycles. The van der Waals surface area contributed by atoms with Crippen molar-refractivity contribution in [3.8, 4) is 11.5 Å². The number of anilines is 2. The first-order valence-corrected chi connectivity index (χ1v) is 11.4. The number of methoxy groups -OCH3 is 1. The fraction of sp³-hybridized carbons (Fsp3) is 0.333. The van der Waals surface area contributed by atoms with Gasteiger partial charge in [0.1, 0.15) is 11.5 Å². The maximum atomic E-state index is 6.30. The maximum Gasteiger partial charge on any atom is 0.128 e. The molecule has 0 aliphatic carbocycles. The van der Waals surface area contributed by atoms with Crippen LogP contribution < -0.4 is 19.7 Å². The van der Waals surface area contributed by atoms with Crippen molar-refractivity contribution in [3.63, 3.8) is 0 Å². The van der Waals surface area contributed by atoms with Crippen molar-refractivity contribution in [2.24, 2.45) is 5.92 Å². The van der Waals surface area contributed by atoms with Crippen LogP contribution in [0, 0.1) is 5.92 Å². The van der Waals surface area contributed by atoms with Gasteiger partial charge in [0.2, 0.25) is 0 Å². The monoisotopic (exact) mass is 428 g/mol. The zero-order valence-corrected chi connectivity index (χ0v) is 18.3. The van der Waals surface area contributed by atoms with Gasteiger partial charge in [0, 0.05) is 36.3 Å². The second-order valence-corrected chi connectivity index (χ2v) is 8.73. The van der Waals surface area contributed by atoms with Crippen LogP contribution in [0.25, 0.3) is 0 Å². The van der Waals surface area contributed by atoms with Gasteiger partial charge in [0.25, 0.3) is 0 Å². The summed E-state index contributed by atoms with van der Waals surface area (Å²) in [4.78, 5) is 2.42. The summed E-state index contributed by atoms with van der Waals surface area (Å²) in [5.74, 6) is 2.29. The van der Waals surface area contributed by atoms with E-state index in [0.717, 1.165) is 43.4 Å². The number of benzene rings is 3. The summed E-state index contributed by atoms with van der Waals surface area (Å²) in [6, 6.07) is 23.9. The van der Waals surface area contributed by atoms with E-state index in [2.05, 4.69) is 58.7 Å². The van der Waals surface area contributed by atoms with Gasteiger partial charge in [0.15, 0.2) is 0 Å². The molecule has 3 aromatic rings. The van der Waals surface area contributed by atoms with E-state index in [1.807, 2.05) is 18.2 Å². The molecule has 32 heavy (non-hydrogen) atoms. The predicted molar refractivity (Wildman–Crippen MR) is 126 cm³/mol. The molecule has 0 bridgehead atoms. The average molecular weight is 429 g/mol. The number of ether oxygens (including phenoxy) is 3. The van der Waals surface area contributed by atoms with Gasteiger partial charge in [-0.2, -0.15) is 0 Å². The summed E-state index contributed by atoms with van der Waals surface area (Å²) in [5.41, 5.74) is 6.24. The predicted octanol–water partition coefficient (Wildman–Crippen LogP) is 4.84. The summed E-state index contributed by atoms with van der Waals surface area (Å²) in [6.07, 6.45) is 0. The minimum atomic E-state index is 0.127. The van der Waals surface area contributed by atoms with Crippen LogP contribution in [0.4, 0.5) is 11.4 Å². The number of rotatable bonds is 3. The maximum absolute atomic E-state index is 6.30. The van der Waals surface area contributed by atoms with Crippen LogP contribution in [0.5, 0.6) is 11.5 Å². The number of hydrogen-bond donors (Lipinski definition) is 1. The molecule has 6 rings (SSSR count). The Morgan fingerprint density at radius 2 is 1.81 bits per heavy atom. The minimum absolute atomic E-state index is 0.127. The molecule has 5 nitrogen and oxygen atoms in total. The number of nitrogens with zero attached hydrogens (tertiary/aromatic N) is 1. The molecule has 3 aliphatic heterocycles. The Bertz CT molecular complexity index is 1100. The first-order chi connectivity index (χ1) is 15.8. The lowest BCUT2D eigenvalue weighted by atomic mass is 9.71. The first-order valence-electron chi connectivity index (χ1n) is 11.4. The highest BCUT2D eigenvalue weighted by Crippen LogP contribution is 2.54.